The second kappa shape index (κ2) is 9.30. The Labute approximate surface area is 187 Å². The van der Waals surface area contributed by atoms with E-state index in [2.05, 4.69) is 10.2 Å². The zero-order valence-electron chi connectivity index (χ0n) is 18.0. The molecule has 1 aliphatic heterocycles. The summed E-state index contributed by atoms with van der Waals surface area (Å²) in [7, 11) is 1.65. The lowest BCUT2D eigenvalue weighted by atomic mass is 10.0. The van der Waals surface area contributed by atoms with Gasteiger partial charge in [0, 0.05) is 35.6 Å². The van der Waals surface area contributed by atoms with E-state index in [9.17, 15) is 4.79 Å². The molecule has 1 saturated heterocycles. The minimum Gasteiger partial charge on any atom is -0.497 e. The average molecular weight is 443 g/mol. The Morgan fingerprint density at radius 1 is 1.19 bits per heavy atom. The number of carbonyl (C=O) groups is 1. The molecule has 4 rings (SSSR count). The number of nitrogens with one attached hydrogen (secondary N) is 1. The number of benzene rings is 2. The maximum atomic E-state index is 13.0. The van der Waals surface area contributed by atoms with Crippen LogP contribution >= 0.6 is 11.6 Å². The first-order valence-corrected chi connectivity index (χ1v) is 10.8. The Balaban J connectivity index is 1.55. The predicted molar refractivity (Wildman–Crippen MR) is 121 cm³/mol. The first-order valence-electron chi connectivity index (χ1n) is 10.4. The summed E-state index contributed by atoms with van der Waals surface area (Å²) < 4.78 is 16.7. The lowest BCUT2D eigenvalue weighted by molar-refractivity contribution is 0.0161. The van der Waals surface area contributed by atoms with Crippen LogP contribution in [0, 0.1) is 13.8 Å². The number of furan rings is 1. The van der Waals surface area contributed by atoms with Gasteiger partial charge >= 0.3 is 0 Å². The van der Waals surface area contributed by atoms with E-state index < -0.39 is 0 Å². The maximum Gasteiger partial charge on any atom is 0.287 e. The standard InChI is InChI=1S/C24H27ClN2O4/c1-15-12-22-19(13-20(15)25)16(2)23(31-22)24(28)26-14-21(27-8-10-30-11-9-27)17-4-6-18(29-3)7-5-17/h4-7,12-13,21H,8-11,14H2,1-3H3,(H,26,28). The van der Waals surface area contributed by atoms with Gasteiger partial charge in [-0.1, -0.05) is 23.7 Å². The smallest absolute Gasteiger partial charge is 0.287 e. The van der Waals surface area contributed by atoms with Crippen LogP contribution in [0.25, 0.3) is 11.0 Å². The van der Waals surface area contributed by atoms with Crippen molar-refractivity contribution in [2.75, 3.05) is 40.0 Å². The number of hydrogen-bond acceptors (Lipinski definition) is 5. The van der Waals surface area contributed by atoms with Gasteiger partial charge in [-0.25, -0.2) is 0 Å². The molecule has 7 heteroatoms. The first kappa shape index (κ1) is 21.7. The number of morpholine rings is 1. The van der Waals surface area contributed by atoms with E-state index in [-0.39, 0.29) is 11.9 Å². The van der Waals surface area contributed by atoms with E-state index in [1.807, 2.05) is 50.2 Å². The summed E-state index contributed by atoms with van der Waals surface area (Å²) in [6, 6.07) is 11.7. The van der Waals surface area contributed by atoms with E-state index in [1.54, 1.807) is 7.11 Å². The molecule has 2 heterocycles. The number of halogens is 1. The van der Waals surface area contributed by atoms with Gasteiger partial charge in [0.25, 0.3) is 5.91 Å². The third-order valence-electron chi connectivity index (χ3n) is 5.87. The molecule has 3 aromatic rings. The van der Waals surface area contributed by atoms with Crippen LogP contribution in [0.3, 0.4) is 0 Å². The Kier molecular flexibility index (Phi) is 6.51. The van der Waals surface area contributed by atoms with Crippen molar-refractivity contribution in [1.82, 2.24) is 10.2 Å². The minimum absolute atomic E-state index is 0.0279. The fourth-order valence-corrected chi connectivity index (χ4v) is 4.16. The van der Waals surface area contributed by atoms with Crippen LogP contribution in [0.5, 0.6) is 5.75 Å². The lowest BCUT2D eigenvalue weighted by Gasteiger charge is -2.35. The molecule has 1 fully saturated rings. The second-order valence-electron chi connectivity index (χ2n) is 7.80. The molecule has 1 aliphatic rings. The Hall–Kier alpha value is -2.54. The van der Waals surface area contributed by atoms with Crippen LogP contribution in [-0.2, 0) is 4.74 Å². The molecule has 0 saturated carbocycles. The number of aryl methyl sites for hydroxylation is 2. The van der Waals surface area contributed by atoms with Crippen molar-refractivity contribution in [2.24, 2.45) is 0 Å². The molecule has 0 bridgehead atoms. The van der Waals surface area contributed by atoms with Crippen molar-refractivity contribution in [3.05, 3.63) is 63.9 Å². The molecule has 1 amide bonds. The van der Waals surface area contributed by atoms with Gasteiger partial charge in [0.05, 0.1) is 26.4 Å². The van der Waals surface area contributed by atoms with Crippen molar-refractivity contribution in [3.8, 4) is 5.75 Å². The van der Waals surface area contributed by atoms with Crippen molar-refractivity contribution >= 4 is 28.5 Å². The number of ether oxygens (including phenoxy) is 2. The van der Waals surface area contributed by atoms with Crippen LogP contribution in [0.1, 0.15) is 33.3 Å². The number of rotatable bonds is 6. The number of nitrogens with zero attached hydrogens (tertiary/aromatic N) is 1. The summed E-state index contributed by atoms with van der Waals surface area (Å²) in [4.78, 5) is 15.4. The van der Waals surface area contributed by atoms with Crippen LogP contribution in [0.15, 0.2) is 40.8 Å². The molecule has 1 atom stereocenters. The van der Waals surface area contributed by atoms with Crippen LogP contribution in [0.2, 0.25) is 5.02 Å². The summed E-state index contributed by atoms with van der Waals surface area (Å²) in [5.41, 5.74) is 3.50. The SMILES string of the molecule is COc1ccc(C(CNC(=O)c2oc3cc(C)c(Cl)cc3c2C)N2CCOCC2)cc1. The lowest BCUT2D eigenvalue weighted by Crippen LogP contribution is -2.43. The minimum atomic E-state index is -0.228. The molecule has 164 valence electrons. The highest BCUT2D eigenvalue weighted by Gasteiger charge is 2.25. The normalized spacial score (nSPS) is 15.7. The molecule has 1 aromatic heterocycles. The molecular formula is C24H27ClN2O4. The second-order valence-corrected chi connectivity index (χ2v) is 8.21. The van der Waals surface area contributed by atoms with E-state index in [0.29, 0.717) is 36.1 Å². The fourth-order valence-electron chi connectivity index (χ4n) is 4.00. The largest absolute Gasteiger partial charge is 0.497 e. The molecule has 6 nitrogen and oxygen atoms in total. The third kappa shape index (κ3) is 4.56. The Bertz CT molecular complexity index is 1070. The summed E-state index contributed by atoms with van der Waals surface area (Å²) in [6.45, 7) is 7.26. The van der Waals surface area contributed by atoms with Gasteiger partial charge < -0.3 is 19.2 Å². The molecule has 0 aliphatic carbocycles. The number of hydrogen-bond donors (Lipinski definition) is 1. The van der Waals surface area contributed by atoms with Crippen molar-refractivity contribution < 1.29 is 18.7 Å². The topological polar surface area (TPSA) is 63.9 Å². The quantitative estimate of drug-likeness (QED) is 0.608. The van der Waals surface area contributed by atoms with Crippen molar-refractivity contribution in [3.63, 3.8) is 0 Å². The van der Waals surface area contributed by atoms with E-state index in [4.69, 9.17) is 25.5 Å². The number of fused-ring (bicyclic) bond motifs is 1. The summed E-state index contributed by atoms with van der Waals surface area (Å²) in [5, 5.41) is 4.60. The van der Waals surface area contributed by atoms with Crippen LogP contribution in [0.4, 0.5) is 0 Å². The molecule has 0 radical (unpaired) electrons. The third-order valence-corrected chi connectivity index (χ3v) is 6.27. The molecule has 1 N–H and O–H groups in total. The monoisotopic (exact) mass is 442 g/mol. The molecule has 2 aromatic carbocycles. The summed E-state index contributed by atoms with van der Waals surface area (Å²) >= 11 is 6.26. The van der Waals surface area contributed by atoms with Gasteiger partial charge in [0.1, 0.15) is 11.3 Å². The zero-order valence-corrected chi connectivity index (χ0v) is 18.8. The molecule has 0 spiro atoms. The van der Waals surface area contributed by atoms with Crippen LogP contribution < -0.4 is 10.1 Å². The highest BCUT2D eigenvalue weighted by molar-refractivity contribution is 6.32. The van der Waals surface area contributed by atoms with Gasteiger partial charge in [-0.3, -0.25) is 9.69 Å². The molecule has 1 unspecified atom stereocenters. The maximum absolute atomic E-state index is 13.0. The highest BCUT2D eigenvalue weighted by atomic mass is 35.5. The number of carbonyl (C=O) groups excluding carboxylic acids is 1. The Morgan fingerprint density at radius 3 is 2.58 bits per heavy atom. The first-order chi connectivity index (χ1) is 15.0. The summed E-state index contributed by atoms with van der Waals surface area (Å²) in [6.07, 6.45) is 0. The number of methoxy groups -OCH3 is 1. The highest BCUT2D eigenvalue weighted by Crippen LogP contribution is 2.30. The zero-order chi connectivity index (χ0) is 22.0. The van der Waals surface area contributed by atoms with Crippen LogP contribution in [-0.4, -0.2) is 50.8 Å². The van der Waals surface area contributed by atoms with Gasteiger partial charge in [-0.15, -0.1) is 0 Å². The average Bonchev–Trinajstić information content (AvgIpc) is 3.10. The number of amides is 1. The van der Waals surface area contributed by atoms with E-state index >= 15 is 0 Å². The van der Waals surface area contributed by atoms with E-state index in [1.165, 1.54) is 0 Å². The van der Waals surface area contributed by atoms with Crippen molar-refractivity contribution in [2.45, 2.75) is 19.9 Å². The Morgan fingerprint density at radius 2 is 1.90 bits per heavy atom. The predicted octanol–water partition coefficient (Wildman–Crippen LogP) is 4.51. The van der Waals surface area contributed by atoms with Gasteiger partial charge in [-0.2, -0.15) is 0 Å². The van der Waals surface area contributed by atoms with Crippen molar-refractivity contribution in [1.29, 1.82) is 0 Å². The summed E-state index contributed by atoms with van der Waals surface area (Å²) in [5.74, 6) is 0.904. The fraction of sp³-hybridized carbons (Fsp3) is 0.375. The van der Waals surface area contributed by atoms with Gasteiger partial charge in [-0.05, 0) is 49.2 Å². The van der Waals surface area contributed by atoms with E-state index in [0.717, 1.165) is 40.9 Å². The van der Waals surface area contributed by atoms with Gasteiger partial charge in [0.15, 0.2) is 5.76 Å². The molecule has 31 heavy (non-hydrogen) atoms. The molecular weight excluding hydrogens is 416 g/mol. The van der Waals surface area contributed by atoms with Gasteiger partial charge in [0.2, 0.25) is 0 Å².